The molecule has 0 aliphatic rings. The van der Waals surface area contributed by atoms with Gasteiger partial charge in [-0.2, -0.15) is 0 Å². The summed E-state index contributed by atoms with van der Waals surface area (Å²) in [6.45, 7) is 2.52. The fourth-order valence-corrected chi connectivity index (χ4v) is 4.26. The fraction of sp³-hybridized carbons (Fsp3) is 0.538. The van der Waals surface area contributed by atoms with E-state index < -0.39 is 16.1 Å². The lowest BCUT2D eigenvalue weighted by atomic mass is 10.1. The molecular weight excluding hydrogens is 468 g/mol. The Hall–Kier alpha value is -2.17. The van der Waals surface area contributed by atoms with Crippen molar-refractivity contribution in [3.63, 3.8) is 0 Å². The number of aliphatic hydroxyl groups is 2. The topological polar surface area (TPSA) is 128 Å². The van der Waals surface area contributed by atoms with Gasteiger partial charge < -0.3 is 25.4 Å². The van der Waals surface area contributed by atoms with Gasteiger partial charge >= 0.3 is 0 Å². The van der Waals surface area contributed by atoms with Crippen LogP contribution in [0.3, 0.4) is 0 Å². The van der Waals surface area contributed by atoms with Crippen molar-refractivity contribution >= 4 is 15.7 Å². The molecule has 0 amide bonds. The Bertz CT molecular complexity index is 966. The van der Waals surface area contributed by atoms with E-state index in [0.717, 1.165) is 71.0 Å². The van der Waals surface area contributed by atoms with Crippen molar-refractivity contribution < 1.29 is 28.5 Å². The smallest absolute Gasteiger partial charge is 0.229 e. The number of benzene rings is 2. The summed E-state index contributed by atoms with van der Waals surface area (Å²) >= 11 is 0. The van der Waals surface area contributed by atoms with Gasteiger partial charge in [0.25, 0.3) is 0 Å². The predicted octanol–water partition coefficient (Wildman–Crippen LogP) is 3.48. The van der Waals surface area contributed by atoms with E-state index in [1.807, 2.05) is 12.1 Å². The lowest BCUT2D eigenvalue weighted by Crippen LogP contribution is -2.22. The van der Waals surface area contributed by atoms with Gasteiger partial charge in [0.15, 0.2) is 0 Å². The molecule has 2 aromatic rings. The Morgan fingerprint density at radius 1 is 0.943 bits per heavy atom. The molecule has 0 aromatic heterocycles. The average molecular weight is 509 g/mol. The Morgan fingerprint density at radius 2 is 1.63 bits per heavy atom. The normalized spacial score (nSPS) is 12.5. The molecule has 0 unspecified atom stereocenters. The number of hydrogen-bond donors (Lipinski definition) is 5. The Balaban J connectivity index is 1.41. The zero-order valence-electron chi connectivity index (χ0n) is 20.6. The summed E-state index contributed by atoms with van der Waals surface area (Å²) in [5.74, 6) is 0.0361. The van der Waals surface area contributed by atoms with Crippen LogP contribution >= 0.6 is 0 Å². The first kappa shape index (κ1) is 29.1. The van der Waals surface area contributed by atoms with Crippen LogP contribution in [0.15, 0.2) is 42.5 Å². The molecule has 9 heteroatoms. The van der Waals surface area contributed by atoms with Crippen LogP contribution in [0.1, 0.15) is 61.3 Å². The molecule has 35 heavy (non-hydrogen) atoms. The van der Waals surface area contributed by atoms with Gasteiger partial charge in [0.05, 0.1) is 19.0 Å². The third kappa shape index (κ3) is 12.4. The number of aromatic hydroxyl groups is 1. The predicted molar refractivity (Wildman–Crippen MR) is 139 cm³/mol. The second-order valence-corrected chi connectivity index (χ2v) is 10.6. The number of sulfonamides is 1. The quantitative estimate of drug-likeness (QED) is 0.195. The second kappa shape index (κ2) is 15.7. The van der Waals surface area contributed by atoms with Crippen LogP contribution in [0.2, 0.25) is 0 Å². The largest absolute Gasteiger partial charge is 0.508 e. The summed E-state index contributed by atoms with van der Waals surface area (Å²) in [6.07, 6.45) is 7.71. The molecule has 0 spiro atoms. The van der Waals surface area contributed by atoms with Gasteiger partial charge in [-0.1, -0.05) is 31.0 Å². The minimum atomic E-state index is -3.24. The SMILES string of the molecule is CS(=O)(=O)Nc1ccc(CCCCOCCCCCCNC[C@H](O)c2ccc(O)c(CO)c2)cc1. The average Bonchev–Trinajstić information content (AvgIpc) is 2.82. The molecule has 1 atom stereocenters. The first-order valence-corrected chi connectivity index (χ1v) is 14.1. The Morgan fingerprint density at radius 3 is 2.31 bits per heavy atom. The number of ether oxygens (including phenoxy) is 1. The minimum Gasteiger partial charge on any atom is -0.508 e. The molecule has 196 valence electrons. The minimum absolute atomic E-state index is 0.0361. The van der Waals surface area contributed by atoms with Crippen molar-refractivity contribution in [1.82, 2.24) is 5.32 Å². The van der Waals surface area contributed by atoms with Crippen molar-refractivity contribution in [2.24, 2.45) is 0 Å². The maximum atomic E-state index is 11.2. The monoisotopic (exact) mass is 508 g/mol. The van der Waals surface area contributed by atoms with Crippen LogP contribution in [-0.2, 0) is 27.8 Å². The molecule has 0 fully saturated rings. The summed E-state index contributed by atoms with van der Waals surface area (Å²) < 4.78 is 30.6. The first-order chi connectivity index (χ1) is 16.8. The highest BCUT2D eigenvalue weighted by atomic mass is 32.2. The van der Waals surface area contributed by atoms with E-state index in [4.69, 9.17) is 4.74 Å². The van der Waals surface area contributed by atoms with Crippen molar-refractivity contribution in [3.05, 3.63) is 59.2 Å². The van der Waals surface area contributed by atoms with Crippen LogP contribution in [0.4, 0.5) is 5.69 Å². The number of nitrogens with one attached hydrogen (secondary N) is 2. The molecule has 8 nitrogen and oxygen atoms in total. The van der Waals surface area contributed by atoms with E-state index in [9.17, 15) is 23.7 Å². The van der Waals surface area contributed by atoms with E-state index >= 15 is 0 Å². The Labute approximate surface area is 209 Å². The summed E-state index contributed by atoms with van der Waals surface area (Å²) in [6, 6.07) is 12.3. The molecule has 0 bridgehead atoms. The lowest BCUT2D eigenvalue weighted by Gasteiger charge is -2.14. The third-order valence-electron chi connectivity index (χ3n) is 5.65. The number of hydrogen-bond acceptors (Lipinski definition) is 7. The Kier molecular flexibility index (Phi) is 13.1. The maximum absolute atomic E-state index is 11.2. The number of unbranched alkanes of at least 4 members (excludes halogenated alkanes) is 4. The highest BCUT2D eigenvalue weighted by Crippen LogP contribution is 2.22. The van der Waals surface area contributed by atoms with Crippen LogP contribution < -0.4 is 10.0 Å². The zero-order chi connectivity index (χ0) is 25.5. The number of anilines is 1. The molecule has 0 heterocycles. The van der Waals surface area contributed by atoms with Crippen molar-refractivity contribution in [2.75, 3.05) is 37.3 Å². The summed E-state index contributed by atoms with van der Waals surface area (Å²) in [5, 5.41) is 32.3. The van der Waals surface area contributed by atoms with E-state index in [0.29, 0.717) is 23.4 Å². The first-order valence-electron chi connectivity index (χ1n) is 12.2. The number of phenols is 1. The van der Waals surface area contributed by atoms with Crippen LogP contribution in [0.25, 0.3) is 0 Å². The molecule has 0 aliphatic carbocycles. The standard InChI is InChI=1S/C26H40N2O6S/c1-35(32,33)28-24-12-9-21(10-13-24)8-4-7-17-34-16-6-3-2-5-15-27-19-26(31)22-11-14-25(30)23(18-22)20-29/h9-14,18,26-31H,2-8,15-17,19-20H2,1H3/t26-/m0/s1. The third-order valence-corrected chi connectivity index (χ3v) is 6.26. The van der Waals surface area contributed by atoms with Gasteiger partial charge in [0, 0.05) is 31.0 Å². The molecule has 2 aromatic carbocycles. The van der Waals surface area contributed by atoms with Gasteiger partial charge in [-0.05, 0) is 74.0 Å². The molecule has 0 radical (unpaired) electrons. The van der Waals surface area contributed by atoms with Gasteiger partial charge in [-0.15, -0.1) is 0 Å². The van der Waals surface area contributed by atoms with Crippen LogP contribution in [-0.4, -0.2) is 56.3 Å². The van der Waals surface area contributed by atoms with E-state index in [1.165, 1.54) is 11.6 Å². The van der Waals surface area contributed by atoms with Gasteiger partial charge in [0.2, 0.25) is 10.0 Å². The van der Waals surface area contributed by atoms with Gasteiger partial charge in [0.1, 0.15) is 5.75 Å². The highest BCUT2D eigenvalue weighted by Gasteiger charge is 2.10. The summed E-state index contributed by atoms with van der Waals surface area (Å²) in [5.41, 5.74) is 2.86. The zero-order valence-corrected chi connectivity index (χ0v) is 21.4. The summed E-state index contributed by atoms with van der Waals surface area (Å²) in [7, 11) is -3.24. The van der Waals surface area contributed by atoms with Crippen LogP contribution in [0, 0.1) is 0 Å². The lowest BCUT2D eigenvalue weighted by molar-refractivity contribution is 0.126. The van der Waals surface area contributed by atoms with Gasteiger partial charge in [-0.25, -0.2) is 8.42 Å². The molecule has 0 aliphatic heterocycles. The molecule has 0 saturated heterocycles. The number of aliphatic hydroxyl groups excluding tert-OH is 2. The van der Waals surface area contributed by atoms with E-state index in [-0.39, 0.29) is 12.4 Å². The van der Waals surface area contributed by atoms with Crippen LogP contribution in [0.5, 0.6) is 5.75 Å². The van der Waals surface area contributed by atoms with E-state index in [1.54, 1.807) is 24.3 Å². The van der Waals surface area contributed by atoms with Gasteiger partial charge in [-0.3, -0.25) is 4.72 Å². The number of aryl methyl sites for hydroxylation is 1. The molecular formula is C26H40N2O6S. The van der Waals surface area contributed by atoms with E-state index in [2.05, 4.69) is 10.0 Å². The molecule has 2 rings (SSSR count). The van der Waals surface area contributed by atoms with Crippen molar-refractivity contribution in [1.29, 1.82) is 0 Å². The number of rotatable bonds is 18. The van der Waals surface area contributed by atoms with Crippen molar-refractivity contribution in [3.8, 4) is 5.75 Å². The highest BCUT2D eigenvalue weighted by molar-refractivity contribution is 7.92. The fourth-order valence-electron chi connectivity index (χ4n) is 3.69. The summed E-state index contributed by atoms with van der Waals surface area (Å²) in [4.78, 5) is 0. The molecule has 0 saturated carbocycles. The van der Waals surface area contributed by atoms with Crippen molar-refractivity contribution in [2.45, 2.75) is 57.7 Å². The second-order valence-electron chi connectivity index (χ2n) is 8.82. The maximum Gasteiger partial charge on any atom is 0.229 e. The molecule has 5 N–H and O–H groups in total.